The Morgan fingerprint density at radius 2 is 1.87 bits per heavy atom. The van der Waals surface area contributed by atoms with Crippen LogP contribution in [-0.2, 0) is 6.54 Å². The molecule has 0 saturated heterocycles. The van der Waals surface area contributed by atoms with Crippen LogP contribution in [0.2, 0.25) is 0 Å². The van der Waals surface area contributed by atoms with E-state index in [4.69, 9.17) is 4.74 Å². The van der Waals surface area contributed by atoms with Crippen LogP contribution in [0.25, 0.3) is 11.5 Å². The number of methoxy groups -OCH3 is 1. The van der Waals surface area contributed by atoms with Crippen molar-refractivity contribution in [3.8, 4) is 17.3 Å². The predicted octanol–water partition coefficient (Wildman–Crippen LogP) is 1.99. The summed E-state index contributed by atoms with van der Waals surface area (Å²) >= 11 is 0. The molecule has 0 aliphatic heterocycles. The number of Topliss-reactive ketones (excluding diaryl/α,β-unsaturated/α-hetero) is 1. The third-order valence-electron chi connectivity index (χ3n) is 3.35. The van der Waals surface area contributed by atoms with Gasteiger partial charge < -0.3 is 4.74 Å². The van der Waals surface area contributed by atoms with Gasteiger partial charge in [0.25, 0.3) is 0 Å². The van der Waals surface area contributed by atoms with Crippen LogP contribution in [0.15, 0.2) is 43.0 Å². The van der Waals surface area contributed by atoms with Crippen LogP contribution in [-0.4, -0.2) is 37.6 Å². The summed E-state index contributed by atoms with van der Waals surface area (Å²) in [6, 6.07) is 7.67. The highest BCUT2D eigenvalue weighted by Gasteiger charge is 2.17. The quantitative estimate of drug-likeness (QED) is 0.670. The Labute approximate surface area is 133 Å². The molecule has 0 bridgehead atoms. The predicted molar refractivity (Wildman–Crippen MR) is 83.1 cm³/mol. The Morgan fingerprint density at radius 3 is 2.57 bits per heavy atom. The van der Waals surface area contributed by atoms with Crippen molar-refractivity contribution >= 4 is 5.78 Å². The van der Waals surface area contributed by atoms with Crippen LogP contribution < -0.4 is 4.74 Å². The number of carbonyl (C=O) groups excluding carboxylic acids is 1. The molecule has 0 amide bonds. The molecule has 0 aliphatic rings. The summed E-state index contributed by atoms with van der Waals surface area (Å²) in [6.07, 6.45) is 4.47. The van der Waals surface area contributed by atoms with Crippen molar-refractivity contribution in [2.24, 2.45) is 0 Å². The van der Waals surface area contributed by atoms with Gasteiger partial charge in [0.15, 0.2) is 11.6 Å². The number of nitrogens with zero attached hydrogens (tertiary/aromatic N) is 5. The lowest BCUT2D eigenvalue weighted by atomic mass is 10.2. The van der Waals surface area contributed by atoms with E-state index in [1.54, 1.807) is 11.8 Å². The topological polar surface area (TPSA) is 82.8 Å². The van der Waals surface area contributed by atoms with Gasteiger partial charge in [-0.25, -0.2) is 19.6 Å². The summed E-state index contributed by atoms with van der Waals surface area (Å²) in [6.45, 7) is 1.96. The highest BCUT2D eigenvalue weighted by molar-refractivity contribution is 5.97. The molecule has 2 aromatic heterocycles. The normalized spacial score (nSPS) is 10.5. The van der Waals surface area contributed by atoms with Crippen molar-refractivity contribution in [3.05, 3.63) is 54.2 Å². The Hall–Kier alpha value is -3.09. The van der Waals surface area contributed by atoms with Gasteiger partial charge in [-0.2, -0.15) is 5.10 Å². The first-order valence-electron chi connectivity index (χ1n) is 7.02. The van der Waals surface area contributed by atoms with Crippen molar-refractivity contribution in [2.45, 2.75) is 13.5 Å². The van der Waals surface area contributed by atoms with E-state index in [9.17, 15) is 4.79 Å². The lowest BCUT2D eigenvalue weighted by Gasteiger charge is -2.08. The molecule has 0 fully saturated rings. The average molecular weight is 309 g/mol. The van der Waals surface area contributed by atoms with E-state index < -0.39 is 0 Å². The first kappa shape index (κ1) is 14.8. The van der Waals surface area contributed by atoms with Gasteiger partial charge in [0.2, 0.25) is 0 Å². The van der Waals surface area contributed by atoms with E-state index in [1.165, 1.54) is 25.6 Å². The largest absolute Gasteiger partial charge is 0.497 e. The molecule has 0 atom stereocenters. The molecular weight excluding hydrogens is 294 g/mol. The second kappa shape index (κ2) is 6.35. The van der Waals surface area contributed by atoms with Crippen molar-refractivity contribution in [1.29, 1.82) is 0 Å². The van der Waals surface area contributed by atoms with Crippen LogP contribution in [0, 0.1) is 0 Å². The lowest BCUT2D eigenvalue weighted by Crippen LogP contribution is -2.09. The molecule has 0 saturated carbocycles. The zero-order valence-electron chi connectivity index (χ0n) is 12.8. The minimum atomic E-state index is -0.160. The van der Waals surface area contributed by atoms with Crippen LogP contribution in [0.4, 0.5) is 0 Å². The molecule has 0 radical (unpaired) electrons. The van der Waals surface area contributed by atoms with Crippen molar-refractivity contribution in [3.63, 3.8) is 0 Å². The van der Waals surface area contributed by atoms with Crippen LogP contribution >= 0.6 is 0 Å². The second-order valence-electron chi connectivity index (χ2n) is 4.90. The van der Waals surface area contributed by atoms with Gasteiger partial charge in [-0.3, -0.25) is 4.79 Å². The van der Waals surface area contributed by atoms with Gasteiger partial charge in [0.1, 0.15) is 23.5 Å². The highest BCUT2D eigenvalue weighted by atomic mass is 16.5. The van der Waals surface area contributed by atoms with Gasteiger partial charge >= 0.3 is 0 Å². The maximum absolute atomic E-state index is 11.7. The number of rotatable bonds is 5. The van der Waals surface area contributed by atoms with E-state index in [0.717, 1.165) is 11.3 Å². The maximum Gasteiger partial charge on any atom is 0.180 e. The van der Waals surface area contributed by atoms with E-state index in [0.29, 0.717) is 18.1 Å². The minimum Gasteiger partial charge on any atom is -0.497 e. The standard InChI is InChI=1S/C16H15N5O2/c1-11(22)14-15(18-8-7-17-14)16-19-10-20-21(16)9-12-3-5-13(23-2)6-4-12/h3-8,10H,9H2,1-2H3. The zero-order valence-corrected chi connectivity index (χ0v) is 12.8. The third-order valence-corrected chi connectivity index (χ3v) is 3.35. The number of hydrogen-bond donors (Lipinski definition) is 0. The fourth-order valence-corrected chi connectivity index (χ4v) is 2.23. The van der Waals surface area contributed by atoms with Crippen LogP contribution in [0.5, 0.6) is 5.75 Å². The Kier molecular flexibility index (Phi) is 4.09. The van der Waals surface area contributed by atoms with Crippen molar-refractivity contribution < 1.29 is 9.53 Å². The van der Waals surface area contributed by atoms with Gasteiger partial charge in [-0.05, 0) is 17.7 Å². The lowest BCUT2D eigenvalue weighted by molar-refractivity contribution is 0.101. The van der Waals surface area contributed by atoms with Crippen molar-refractivity contribution in [1.82, 2.24) is 24.7 Å². The second-order valence-corrected chi connectivity index (χ2v) is 4.90. The number of carbonyl (C=O) groups is 1. The van der Waals surface area contributed by atoms with E-state index in [-0.39, 0.29) is 11.5 Å². The van der Waals surface area contributed by atoms with E-state index in [1.807, 2.05) is 24.3 Å². The first-order chi connectivity index (χ1) is 11.2. The van der Waals surface area contributed by atoms with Crippen molar-refractivity contribution in [2.75, 3.05) is 7.11 Å². The fraction of sp³-hybridized carbons (Fsp3) is 0.188. The molecule has 1 aromatic carbocycles. The SMILES string of the molecule is COc1ccc(Cn2ncnc2-c2nccnc2C(C)=O)cc1. The summed E-state index contributed by atoms with van der Waals surface area (Å²) in [5.41, 5.74) is 1.76. The van der Waals surface area contributed by atoms with Gasteiger partial charge in [0, 0.05) is 19.3 Å². The smallest absolute Gasteiger partial charge is 0.180 e. The zero-order chi connectivity index (χ0) is 16.2. The average Bonchev–Trinajstić information content (AvgIpc) is 3.03. The highest BCUT2D eigenvalue weighted by Crippen LogP contribution is 2.19. The molecular formula is C16H15N5O2. The van der Waals surface area contributed by atoms with E-state index >= 15 is 0 Å². The minimum absolute atomic E-state index is 0.160. The fourth-order valence-electron chi connectivity index (χ4n) is 2.23. The van der Waals surface area contributed by atoms with Gasteiger partial charge in [-0.15, -0.1) is 0 Å². The van der Waals surface area contributed by atoms with Gasteiger partial charge in [0.05, 0.1) is 13.7 Å². The summed E-state index contributed by atoms with van der Waals surface area (Å²) in [5, 5.41) is 4.23. The van der Waals surface area contributed by atoms with Crippen LogP contribution in [0.3, 0.4) is 0 Å². The Bertz CT molecular complexity index is 826. The Morgan fingerprint density at radius 1 is 1.13 bits per heavy atom. The summed E-state index contributed by atoms with van der Waals surface area (Å²) < 4.78 is 6.84. The summed E-state index contributed by atoms with van der Waals surface area (Å²) in [5.74, 6) is 1.14. The molecule has 23 heavy (non-hydrogen) atoms. The molecule has 116 valence electrons. The molecule has 0 aliphatic carbocycles. The monoisotopic (exact) mass is 309 g/mol. The van der Waals surface area contributed by atoms with Gasteiger partial charge in [-0.1, -0.05) is 12.1 Å². The molecule has 7 nitrogen and oxygen atoms in total. The van der Waals surface area contributed by atoms with Crippen LogP contribution in [0.1, 0.15) is 23.0 Å². The summed E-state index contributed by atoms with van der Waals surface area (Å²) in [7, 11) is 1.63. The molecule has 3 rings (SSSR count). The molecule has 0 N–H and O–H groups in total. The molecule has 3 aromatic rings. The third kappa shape index (κ3) is 3.08. The molecule has 0 unspecified atom stereocenters. The number of aromatic nitrogens is 5. The van der Waals surface area contributed by atoms with E-state index in [2.05, 4.69) is 20.1 Å². The number of ether oxygens (including phenoxy) is 1. The summed E-state index contributed by atoms with van der Waals surface area (Å²) in [4.78, 5) is 24.3. The number of ketones is 1. The molecule has 0 spiro atoms. The first-order valence-corrected chi connectivity index (χ1v) is 7.02. The molecule has 7 heteroatoms. The molecule has 2 heterocycles. The maximum atomic E-state index is 11.7. The number of benzene rings is 1. The Balaban J connectivity index is 1.95. The number of hydrogen-bond acceptors (Lipinski definition) is 6.